The molecule has 0 aliphatic carbocycles. The number of hydrogen-bond acceptors (Lipinski definition) is 4. The number of aryl methyl sites for hydroxylation is 2. The van der Waals surface area contributed by atoms with Crippen LogP contribution in [0.15, 0.2) is 66.7 Å². The van der Waals surface area contributed by atoms with Gasteiger partial charge in [-0.3, -0.25) is 9.10 Å². The second-order valence-corrected chi connectivity index (χ2v) is 11.4. The van der Waals surface area contributed by atoms with E-state index in [-0.39, 0.29) is 12.5 Å². The molecular weight excluding hydrogens is 515 g/mol. The SMILES string of the molecule is Cc1cccc(C)c1N(Cc1ccc(C(=O)N2CCN(c3cccc(C(F)(F)F)c3)CC2)cc1)S(C)(=O)=O. The average Bonchev–Trinajstić information content (AvgIpc) is 2.87. The lowest BCUT2D eigenvalue weighted by Gasteiger charge is -2.36. The number of halogens is 3. The van der Waals surface area contributed by atoms with E-state index in [1.54, 1.807) is 35.2 Å². The number of sulfonamides is 1. The largest absolute Gasteiger partial charge is 0.416 e. The van der Waals surface area contributed by atoms with Crippen molar-refractivity contribution in [1.82, 2.24) is 4.90 Å². The molecule has 0 unspecified atom stereocenters. The molecule has 6 nitrogen and oxygen atoms in total. The Morgan fingerprint density at radius 1 is 0.895 bits per heavy atom. The molecule has 1 heterocycles. The molecule has 0 radical (unpaired) electrons. The first-order valence-electron chi connectivity index (χ1n) is 12.2. The van der Waals surface area contributed by atoms with Gasteiger partial charge < -0.3 is 9.80 Å². The number of benzene rings is 3. The van der Waals surface area contributed by atoms with Gasteiger partial charge in [0.2, 0.25) is 10.0 Å². The smallest absolute Gasteiger partial charge is 0.368 e. The van der Waals surface area contributed by atoms with Crippen molar-refractivity contribution in [3.05, 3.63) is 94.5 Å². The number of para-hydroxylation sites is 1. The van der Waals surface area contributed by atoms with Crippen LogP contribution in [-0.4, -0.2) is 51.7 Å². The molecule has 4 rings (SSSR count). The van der Waals surface area contributed by atoms with Crippen molar-refractivity contribution in [2.45, 2.75) is 26.6 Å². The first-order chi connectivity index (χ1) is 17.8. The van der Waals surface area contributed by atoms with Gasteiger partial charge in [0.05, 0.1) is 24.1 Å². The predicted molar refractivity (Wildman–Crippen MR) is 143 cm³/mol. The maximum atomic E-state index is 13.1. The quantitative estimate of drug-likeness (QED) is 0.425. The molecule has 1 amide bonds. The Labute approximate surface area is 221 Å². The molecule has 0 N–H and O–H groups in total. The maximum Gasteiger partial charge on any atom is 0.416 e. The van der Waals surface area contributed by atoms with Crippen LogP contribution < -0.4 is 9.21 Å². The van der Waals surface area contributed by atoms with Crippen LogP contribution in [0, 0.1) is 13.8 Å². The van der Waals surface area contributed by atoms with Gasteiger partial charge in [-0.25, -0.2) is 8.42 Å². The first kappa shape index (κ1) is 27.5. The summed E-state index contributed by atoms with van der Waals surface area (Å²) < 4.78 is 65.8. The fourth-order valence-electron chi connectivity index (χ4n) is 4.71. The van der Waals surface area contributed by atoms with Gasteiger partial charge in [-0.05, 0) is 60.9 Å². The van der Waals surface area contributed by atoms with Crippen molar-refractivity contribution in [2.24, 2.45) is 0 Å². The third-order valence-electron chi connectivity index (χ3n) is 6.72. The lowest BCUT2D eigenvalue weighted by Crippen LogP contribution is -2.48. The van der Waals surface area contributed by atoms with E-state index in [0.29, 0.717) is 43.1 Å². The van der Waals surface area contributed by atoms with Gasteiger partial charge in [-0.15, -0.1) is 0 Å². The number of alkyl halides is 3. The number of carbonyl (C=O) groups excluding carboxylic acids is 1. The highest BCUT2D eigenvalue weighted by Crippen LogP contribution is 2.32. The second kappa shape index (κ2) is 10.7. The van der Waals surface area contributed by atoms with Gasteiger partial charge in [-0.1, -0.05) is 36.4 Å². The molecule has 3 aromatic carbocycles. The molecule has 10 heteroatoms. The van der Waals surface area contributed by atoms with Crippen LogP contribution >= 0.6 is 0 Å². The average molecular weight is 546 g/mol. The minimum absolute atomic E-state index is 0.134. The molecule has 0 saturated carbocycles. The molecular formula is C28H30F3N3O3S. The van der Waals surface area contributed by atoms with E-state index in [1.807, 2.05) is 36.9 Å². The van der Waals surface area contributed by atoms with Crippen molar-refractivity contribution >= 4 is 27.3 Å². The highest BCUT2D eigenvalue weighted by molar-refractivity contribution is 7.92. The van der Waals surface area contributed by atoms with Crippen molar-refractivity contribution in [2.75, 3.05) is 41.6 Å². The number of hydrogen-bond donors (Lipinski definition) is 0. The van der Waals surface area contributed by atoms with E-state index in [2.05, 4.69) is 0 Å². The Bertz CT molecular complexity index is 1390. The normalized spacial score (nSPS) is 14.5. The lowest BCUT2D eigenvalue weighted by molar-refractivity contribution is -0.137. The van der Waals surface area contributed by atoms with E-state index >= 15 is 0 Å². The molecule has 1 aliphatic rings. The van der Waals surface area contributed by atoms with Crippen LogP contribution in [0.4, 0.5) is 24.5 Å². The van der Waals surface area contributed by atoms with Crippen molar-refractivity contribution in [3.8, 4) is 0 Å². The number of amides is 1. The molecule has 0 atom stereocenters. The summed E-state index contributed by atoms with van der Waals surface area (Å²) in [6.07, 6.45) is -3.23. The summed E-state index contributed by atoms with van der Waals surface area (Å²) in [6, 6.07) is 17.7. The van der Waals surface area contributed by atoms with E-state index in [0.717, 1.165) is 28.8 Å². The van der Waals surface area contributed by atoms with Crippen LogP contribution in [0.25, 0.3) is 0 Å². The summed E-state index contributed by atoms with van der Waals surface area (Å²) >= 11 is 0. The monoisotopic (exact) mass is 545 g/mol. The number of carbonyl (C=O) groups is 1. The highest BCUT2D eigenvalue weighted by atomic mass is 32.2. The van der Waals surface area contributed by atoms with Gasteiger partial charge in [0.15, 0.2) is 0 Å². The lowest BCUT2D eigenvalue weighted by atomic mass is 10.1. The Morgan fingerprint density at radius 2 is 1.47 bits per heavy atom. The van der Waals surface area contributed by atoms with Crippen LogP contribution in [0.2, 0.25) is 0 Å². The first-order valence-corrected chi connectivity index (χ1v) is 14.0. The number of piperazine rings is 1. The summed E-state index contributed by atoms with van der Waals surface area (Å²) in [4.78, 5) is 16.6. The van der Waals surface area contributed by atoms with Gasteiger partial charge in [0, 0.05) is 37.4 Å². The van der Waals surface area contributed by atoms with Crippen LogP contribution in [0.5, 0.6) is 0 Å². The summed E-state index contributed by atoms with van der Waals surface area (Å²) in [5.74, 6) is -0.171. The Morgan fingerprint density at radius 3 is 2.03 bits per heavy atom. The summed E-state index contributed by atoms with van der Waals surface area (Å²) in [6.45, 7) is 5.48. The standard InChI is InChI=1S/C28H30F3N3O3S/c1-20-6-4-7-21(2)26(20)34(38(3,36)37)19-22-10-12-23(13-11-22)27(35)33-16-14-32(15-17-33)25-9-5-8-24(18-25)28(29,30)31/h4-13,18H,14-17,19H2,1-3H3. The van der Waals surface area contributed by atoms with E-state index in [1.165, 1.54) is 16.6 Å². The second-order valence-electron chi connectivity index (χ2n) is 9.53. The zero-order valence-electron chi connectivity index (χ0n) is 21.5. The van der Waals surface area contributed by atoms with E-state index in [4.69, 9.17) is 0 Å². The molecule has 1 saturated heterocycles. The topological polar surface area (TPSA) is 60.9 Å². The van der Waals surface area contributed by atoms with Gasteiger partial charge in [0.25, 0.3) is 5.91 Å². The molecule has 202 valence electrons. The number of rotatable bonds is 6. The Hall–Kier alpha value is -3.53. The third kappa shape index (κ3) is 6.12. The molecule has 3 aromatic rings. The fraction of sp³-hybridized carbons (Fsp3) is 0.321. The molecule has 38 heavy (non-hydrogen) atoms. The molecule has 0 spiro atoms. The Balaban J connectivity index is 1.43. The van der Waals surface area contributed by atoms with Crippen molar-refractivity contribution in [1.29, 1.82) is 0 Å². The highest BCUT2D eigenvalue weighted by Gasteiger charge is 2.31. The molecule has 0 bridgehead atoms. The van der Waals surface area contributed by atoms with Crippen LogP contribution in [0.3, 0.4) is 0 Å². The van der Waals surface area contributed by atoms with E-state index in [9.17, 15) is 26.4 Å². The zero-order valence-corrected chi connectivity index (χ0v) is 22.3. The number of nitrogens with zero attached hydrogens (tertiary/aromatic N) is 3. The summed E-state index contributed by atoms with van der Waals surface area (Å²) in [7, 11) is -3.55. The van der Waals surface area contributed by atoms with Crippen LogP contribution in [-0.2, 0) is 22.7 Å². The Kier molecular flexibility index (Phi) is 7.73. The zero-order chi connectivity index (χ0) is 27.7. The fourth-order valence-corrected chi connectivity index (χ4v) is 5.71. The maximum absolute atomic E-state index is 13.1. The minimum Gasteiger partial charge on any atom is -0.368 e. The van der Waals surface area contributed by atoms with Gasteiger partial charge in [0.1, 0.15) is 0 Å². The van der Waals surface area contributed by atoms with Crippen molar-refractivity contribution < 1.29 is 26.4 Å². The third-order valence-corrected chi connectivity index (χ3v) is 7.83. The molecule has 0 aromatic heterocycles. The van der Waals surface area contributed by atoms with E-state index < -0.39 is 21.8 Å². The van der Waals surface area contributed by atoms with Gasteiger partial charge >= 0.3 is 6.18 Å². The minimum atomic E-state index is -4.41. The van der Waals surface area contributed by atoms with Crippen molar-refractivity contribution in [3.63, 3.8) is 0 Å². The molecule has 1 aliphatic heterocycles. The summed E-state index contributed by atoms with van der Waals surface area (Å²) in [5.41, 5.74) is 3.35. The number of anilines is 2. The predicted octanol–water partition coefficient (Wildman–Crippen LogP) is 5.25. The summed E-state index contributed by atoms with van der Waals surface area (Å²) in [5, 5.41) is 0. The van der Waals surface area contributed by atoms with Gasteiger partial charge in [-0.2, -0.15) is 13.2 Å². The van der Waals surface area contributed by atoms with Crippen LogP contribution in [0.1, 0.15) is 32.6 Å². The molecule has 1 fully saturated rings.